The van der Waals surface area contributed by atoms with E-state index in [1.165, 1.54) is 7.11 Å². The van der Waals surface area contributed by atoms with E-state index < -0.39 is 5.97 Å². The minimum Gasteiger partial charge on any atom is -0.466 e. The van der Waals surface area contributed by atoms with Gasteiger partial charge in [-0.25, -0.2) is 4.79 Å². The molecule has 3 nitrogen and oxygen atoms in total. The topological polar surface area (TPSA) is 52.3 Å². The average molecular weight is 191 g/mol. The standard InChI is InChI=1S/C11H13NO2/c1-8(11(13)14-2)10(12)9-6-4-3-5-7-9/h3-7H,12H2,1-2H3/b10-8-. The Morgan fingerprint density at radius 3 is 2.36 bits per heavy atom. The smallest absolute Gasteiger partial charge is 0.335 e. The second-order valence-electron chi connectivity index (χ2n) is 2.90. The molecule has 0 saturated carbocycles. The van der Waals surface area contributed by atoms with Gasteiger partial charge in [-0.05, 0) is 12.5 Å². The summed E-state index contributed by atoms with van der Waals surface area (Å²) in [6.45, 7) is 1.65. The lowest BCUT2D eigenvalue weighted by Crippen LogP contribution is -2.09. The maximum Gasteiger partial charge on any atom is 0.335 e. The van der Waals surface area contributed by atoms with Gasteiger partial charge in [-0.1, -0.05) is 30.3 Å². The molecule has 74 valence electrons. The average Bonchev–Trinajstić information content (AvgIpc) is 2.27. The van der Waals surface area contributed by atoms with Crippen molar-refractivity contribution in [2.75, 3.05) is 7.11 Å². The molecule has 3 heteroatoms. The van der Waals surface area contributed by atoms with E-state index in [0.29, 0.717) is 11.3 Å². The Balaban J connectivity index is 3.05. The number of hydrogen-bond acceptors (Lipinski definition) is 3. The summed E-state index contributed by atoms with van der Waals surface area (Å²) < 4.78 is 4.58. The second kappa shape index (κ2) is 4.46. The summed E-state index contributed by atoms with van der Waals surface area (Å²) in [6.07, 6.45) is 0. The first-order valence-corrected chi connectivity index (χ1v) is 4.27. The van der Waals surface area contributed by atoms with E-state index >= 15 is 0 Å². The van der Waals surface area contributed by atoms with E-state index in [4.69, 9.17) is 5.73 Å². The Bertz CT molecular complexity index is 355. The summed E-state index contributed by atoms with van der Waals surface area (Å²) >= 11 is 0. The molecule has 0 heterocycles. The number of hydrogen-bond donors (Lipinski definition) is 1. The molecular weight excluding hydrogens is 178 g/mol. The third-order valence-corrected chi connectivity index (χ3v) is 1.98. The van der Waals surface area contributed by atoms with Crippen LogP contribution in [0.3, 0.4) is 0 Å². The summed E-state index contributed by atoms with van der Waals surface area (Å²) in [7, 11) is 1.34. The van der Waals surface area contributed by atoms with Crippen LogP contribution in [0.25, 0.3) is 5.70 Å². The van der Waals surface area contributed by atoms with E-state index in [9.17, 15) is 4.79 Å². The van der Waals surface area contributed by atoms with Crippen LogP contribution in [-0.2, 0) is 9.53 Å². The Labute approximate surface area is 83.2 Å². The Kier molecular flexibility index (Phi) is 3.29. The zero-order valence-electron chi connectivity index (χ0n) is 8.28. The maximum absolute atomic E-state index is 11.2. The Morgan fingerprint density at radius 1 is 1.29 bits per heavy atom. The molecule has 1 aromatic rings. The van der Waals surface area contributed by atoms with Crippen molar-refractivity contribution < 1.29 is 9.53 Å². The van der Waals surface area contributed by atoms with Gasteiger partial charge in [-0.2, -0.15) is 0 Å². The number of rotatable bonds is 2. The van der Waals surface area contributed by atoms with E-state index in [2.05, 4.69) is 4.74 Å². The zero-order chi connectivity index (χ0) is 10.6. The van der Waals surface area contributed by atoms with Crippen molar-refractivity contribution in [1.82, 2.24) is 0 Å². The highest BCUT2D eigenvalue weighted by Gasteiger charge is 2.09. The van der Waals surface area contributed by atoms with Crippen LogP contribution in [0, 0.1) is 0 Å². The normalized spacial score (nSPS) is 11.9. The van der Waals surface area contributed by atoms with Gasteiger partial charge in [0.25, 0.3) is 0 Å². The van der Waals surface area contributed by atoms with Crippen LogP contribution in [-0.4, -0.2) is 13.1 Å². The molecule has 1 aromatic carbocycles. The lowest BCUT2D eigenvalue weighted by molar-refractivity contribution is -0.135. The highest BCUT2D eigenvalue weighted by atomic mass is 16.5. The van der Waals surface area contributed by atoms with Crippen LogP contribution >= 0.6 is 0 Å². The first kappa shape index (κ1) is 10.3. The fourth-order valence-corrected chi connectivity index (χ4v) is 1.10. The van der Waals surface area contributed by atoms with Crippen LogP contribution in [0.4, 0.5) is 0 Å². The number of methoxy groups -OCH3 is 1. The summed E-state index contributed by atoms with van der Waals surface area (Å²) in [5.74, 6) is -0.397. The van der Waals surface area contributed by atoms with Crippen LogP contribution in [0.1, 0.15) is 12.5 Å². The first-order valence-electron chi connectivity index (χ1n) is 4.27. The number of ether oxygens (including phenoxy) is 1. The summed E-state index contributed by atoms with van der Waals surface area (Å²) in [4.78, 5) is 11.2. The van der Waals surface area contributed by atoms with Gasteiger partial charge in [0.1, 0.15) is 0 Å². The number of carbonyl (C=O) groups excluding carboxylic acids is 1. The van der Waals surface area contributed by atoms with Gasteiger partial charge in [0.15, 0.2) is 0 Å². The number of nitrogens with two attached hydrogens (primary N) is 1. The van der Waals surface area contributed by atoms with E-state index in [1.54, 1.807) is 6.92 Å². The number of esters is 1. The molecule has 0 bridgehead atoms. The molecule has 0 fully saturated rings. The maximum atomic E-state index is 11.2. The second-order valence-corrected chi connectivity index (χ2v) is 2.90. The fraction of sp³-hybridized carbons (Fsp3) is 0.182. The molecule has 0 atom stereocenters. The third-order valence-electron chi connectivity index (χ3n) is 1.98. The molecule has 0 spiro atoms. The lowest BCUT2D eigenvalue weighted by Gasteiger charge is -2.05. The Hall–Kier alpha value is -1.77. The van der Waals surface area contributed by atoms with Gasteiger partial charge in [0.2, 0.25) is 0 Å². The zero-order valence-corrected chi connectivity index (χ0v) is 8.28. The molecule has 0 radical (unpaired) electrons. The van der Waals surface area contributed by atoms with Gasteiger partial charge in [0, 0.05) is 5.70 Å². The minimum atomic E-state index is -0.397. The van der Waals surface area contributed by atoms with Crippen LogP contribution in [0.15, 0.2) is 35.9 Å². The predicted molar refractivity (Wildman–Crippen MR) is 55.2 cm³/mol. The minimum absolute atomic E-state index is 0.397. The van der Waals surface area contributed by atoms with Crippen LogP contribution in [0.2, 0.25) is 0 Å². The van der Waals surface area contributed by atoms with Gasteiger partial charge in [-0.3, -0.25) is 0 Å². The lowest BCUT2D eigenvalue weighted by atomic mass is 10.1. The quantitative estimate of drug-likeness (QED) is 0.570. The molecule has 14 heavy (non-hydrogen) atoms. The predicted octanol–water partition coefficient (Wildman–Crippen LogP) is 1.55. The van der Waals surface area contributed by atoms with Gasteiger partial charge in [0.05, 0.1) is 12.7 Å². The van der Waals surface area contributed by atoms with Crippen molar-refractivity contribution in [2.45, 2.75) is 6.92 Å². The van der Waals surface area contributed by atoms with E-state index in [0.717, 1.165) is 5.56 Å². The SMILES string of the molecule is COC(=O)/C(C)=C(\N)c1ccccc1. The van der Waals surface area contributed by atoms with Crippen LogP contribution < -0.4 is 5.73 Å². The molecule has 0 aliphatic heterocycles. The Morgan fingerprint density at radius 2 is 1.86 bits per heavy atom. The molecule has 0 aromatic heterocycles. The highest BCUT2D eigenvalue weighted by Crippen LogP contribution is 2.13. The highest BCUT2D eigenvalue weighted by molar-refractivity contribution is 5.96. The number of carbonyl (C=O) groups is 1. The number of benzene rings is 1. The van der Waals surface area contributed by atoms with Crippen molar-refractivity contribution in [3.8, 4) is 0 Å². The van der Waals surface area contributed by atoms with Crippen molar-refractivity contribution in [3.63, 3.8) is 0 Å². The van der Waals surface area contributed by atoms with Crippen molar-refractivity contribution >= 4 is 11.7 Å². The third kappa shape index (κ3) is 2.13. The van der Waals surface area contributed by atoms with Crippen molar-refractivity contribution in [1.29, 1.82) is 0 Å². The van der Waals surface area contributed by atoms with Gasteiger partial charge < -0.3 is 10.5 Å². The van der Waals surface area contributed by atoms with Gasteiger partial charge in [-0.15, -0.1) is 0 Å². The summed E-state index contributed by atoms with van der Waals surface area (Å²) in [5, 5.41) is 0. The molecule has 0 unspecified atom stereocenters. The molecule has 2 N–H and O–H groups in total. The first-order chi connectivity index (χ1) is 6.66. The van der Waals surface area contributed by atoms with E-state index in [-0.39, 0.29) is 0 Å². The molecule has 0 amide bonds. The van der Waals surface area contributed by atoms with Gasteiger partial charge >= 0.3 is 5.97 Å². The van der Waals surface area contributed by atoms with Crippen molar-refractivity contribution in [3.05, 3.63) is 41.5 Å². The monoisotopic (exact) mass is 191 g/mol. The molecule has 0 aliphatic carbocycles. The largest absolute Gasteiger partial charge is 0.466 e. The van der Waals surface area contributed by atoms with E-state index in [1.807, 2.05) is 30.3 Å². The molecular formula is C11H13NO2. The fourth-order valence-electron chi connectivity index (χ4n) is 1.10. The summed E-state index contributed by atoms with van der Waals surface area (Å²) in [5.41, 5.74) is 7.51. The van der Waals surface area contributed by atoms with Crippen molar-refractivity contribution in [2.24, 2.45) is 5.73 Å². The molecule has 0 saturated heterocycles. The van der Waals surface area contributed by atoms with Crippen LogP contribution in [0.5, 0.6) is 0 Å². The summed E-state index contributed by atoms with van der Waals surface area (Å²) in [6, 6.07) is 9.33. The molecule has 0 aliphatic rings. The molecule has 1 rings (SSSR count).